The van der Waals surface area contributed by atoms with E-state index in [1.54, 1.807) is 0 Å². The van der Waals surface area contributed by atoms with Gasteiger partial charge in [0.25, 0.3) is 0 Å². The third kappa shape index (κ3) is 2.57. The molecule has 1 aromatic carbocycles. The zero-order chi connectivity index (χ0) is 13.2. The highest BCUT2D eigenvalue weighted by Gasteiger charge is 2.16. The molecule has 0 heterocycles. The Balaban J connectivity index is 3.52. The molecule has 2 nitrogen and oxygen atoms in total. The molecule has 0 fully saturated rings. The van der Waals surface area contributed by atoms with Crippen LogP contribution in [0.3, 0.4) is 0 Å². The van der Waals surface area contributed by atoms with Gasteiger partial charge in [-0.25, -0.2) is 0 Å². The van der Waals surface area contributed by atoms with Crippen LogP contribution in [0.4, 0.5) is 0 Å². The molecule has 17 heavy (non-hydrogen) atoms. The van der Waals surface area contributed by atoms with Gasteiger partial charge < -0.3 is 4.74 Å². The summed E-state index contributed by atoms with van der Waals surface area (Å²) in [5, 5.41) is 0. The highest BCUT2D eigenvalue weighted by Crippen LogP contribution is 2.33. The highest BCUT2D eigenvalue weighted by molar-refractivity contribution is 5.71. The number of rotatable bonds is 3. The van der Waals surface area contributed by atoms with E-state index in [-0.39, 0.29) is 5.97 Å². The Hall–Kier alpha value is -1.57. The maximum Gasteiger partial charge on any atom is 0.308 e. The van der Waals surface area contributed by atoms with Crippen molar-refractivity contribution in [2.45, 2.75) is 41.0 Å². The van der Waals surface area contributed by atoms with E-state index < -0.39 is 0 Å². The van der Waals surface area contributed by atoms with E-state index in [0.717, 1.165) is 17.5 Å². The van der Waals surface area contributed by atoms with Gasteiger partial charge in [-0.15, -0.1) is 6.58 Å². The predicted molar refractivity (Wildman–Crippen MR) is 70.6 cm³/mol. The summed E-state index contributed by atoms with van der Waals surface area (Å²) in [6, 6.07) is 0. The molecule has 0 amide bonds. The highest BCUT2D eigenvalue weighted by atomic mass is 16.5. The van der Waals surface area contributed by atoms with Crippen LogP contribution < -0.4 is 4.74 Å². The summed E-state index contributed by atoms with van der Waals surface area (Å²) in [5.41, 5.74) is 5.74. The number of allylic oxidation sites excluding steroid dienone is 1. The van der Waals surface area contributed by atoms with Crippen LogP contribution in [0, 0.1) is 27.7 Å². The number of hydrogen-bond acceptors (Lipinski definition) is 2. The van der Waals surface area contributed by atoms with Crippen LogP contribution >= 0.6 is 0 Å². The van der Waals surface area contributed by atoms with Crippen molar-refractivity contribution in [3.05, 3.63) is 40.5 Å². The summed E-state index contributed by atoms with van der Waals surface area (Å²) in [4.78, 5) is 11.2. The lowest BCUT2D eigenvalue weighted by Gasteiger charge is -2.19. The zero-order valence-electron chi connectivity index (χ0n) is 11.3. The fourth-order valence-corrected chi connectivity index (χ4v) is 2.03. The number of carbonyl (C=O) groups is 1. The van der Waals surface area contributed by atoms with Gasteiger partial charge >= 0.3 is 5.97 Å². The Kier molecular flexibility index (Phi) is 4.11. The number of carbonyl (C=O) groups excluding carboxylic acids is 1. The van der Waals surface area contributed by atoms with E-state index in [4.69, 9.17) is 4.74 Å². The van der Waals surface area contributed by atoms with E-state index in [0.29, 0.717) is 5.75 Å². The molecule has 2 heteroatoms. The molecule has 0 aliphatic carbocycles. The number of ether oxygens (including phenoxy) is 1. The van der Waals surface area contributed by atoms with Crippen molar-refractivity contribution >= 4 is 5.97 Å². The molecule has 1 rings (SSSR count). The molecule has 0 aliphatic heterocycles. The molecule has 0 bridgehead atoms. The molecule has 1 aromatic rings. The van der Waals surface area contributed by atoms with Gasteiger partial charge in [-0.3, -0.25) is 4.79 Å². The van der Waals surface area contributed by atoms with Crippen molar-refractivity contribution in [3.63, 3.8) is 0 Å². The van der Waals surface area contributed by atoms with Gasteiger partial charge in [-0.2, -0.15) is 0 Å². The van der Waals surface area contributed by atoms with Crippen LogP contribution in [0.5, 0.6) is 5.75 Å². The minimum absolute atomic E-state index is 0.277. The van der Waals surface area contributed by atoms with Gasteiger partial charge in [0.2, 0.25) is 0 Å². The lowest BCUT2D eigenvalue weighted by atomic mass is 9.92. The van der Waals surface area contributed by atoms with E-state index in [1.807, 2.05) is 13.0 Å². The summed E-state index contributed by atoms with van der Waals surface area (Å²) in [6.07, 6.45) is 2.56. The third-order valence-corrected chi connectivity index (χ3v) is 3.35. The molecule has 0 spiro atoms. The van der Waals surface area contributed by atoms with Crippen molar-refractivity contribution in [3.8, 4) is 5.75 Å². The van der Waals surface area contributed by atoms with Crippen molar-refractivity contribution in [1.29, 1.82) is 0 Å². The number of hydrogen-bond donors (Lipinski definition) is 0. The second-order valence-corrected chi connectivity index (χ2v) is 4.39. The average molecular weight is 232 g/mol. The van der Waals surface area contributed by atoms with Gasteiger partial charge in [0, 0.05) is 12.5 Å². The molecule has 0 atom stereocenters. The molecule has 0 radical (unpaired) electrons. The van der Waals surface area contributed by atoms with E-state index in [2.05, 4.69) is 27.4 Å². The van der Waals surface area contributed by atoms with E-state index in [1.165, 1.54) is 23.6 Å². The summed E-state index contributed by atoms with van der Waals surface area (Å²) < 4.78 is 5.36. The minimum Gasteiger partial charge on any atom is -0.426 e. The van der Waals surface area contributed by atoms with E-state index in [9.17, 15) is 4.79 Å². The first kappa shape index (κ1) is 13.5. The van der Waals surface area contributed by atoms with Crippen molar-refractivity contribution in [2.75, 3.05) is 0 Å². The van der Waals surface area contributed by atoms with Crippen LogP contribution in [0.2, 0.25) is 0 Å². The van der Waals surface area contributed by atoms with Crippen LogP contribution in [0.25, 0.3) is 0 Å². The molecule has 0 saturated heterocycles. The molecule has 0 aliphatic rings. The number of benzene rings is 1. The van der Waals surface area contributed by atoms with Gasteiger partial charge in [0.15, 0.2) is 0 Å². The summed E-state index contributed by atoms with van der Waals surface area (Å²) in [6.45, 7) is 13.4. The molecular weight excluding hydrogens is 212 g/mol. The topological polar surface area (TPSA) is 26.3 Å². The van der Waals surface area contributed by atoms with Crippen LogP contribution in [0.1, 0.15) is 34.7 Å². The van der Waals surface area contributed by atoms with Crippen LogP contribution in [-0.2, 0) is 11.2 Å². The fourth-order valence-electron chi connectivity index (χ4n) is 2.03. The smallest absolute Gasteiger partial charge is 0.308 e. The second kappa shape index (κ2) is 5.17. The SMILES string of the molecule is C=CCc1c(C)c(C)c(C)c(C)c1OC(C)=O. The molecule has 0 unspecified atom stereocenters. The van der Waals surface area contributed by atoms with Crippen LogP contribution in [0.15, 0.2) is 12.7 Å². The molecule has 0 saturated carbocycles. The average Bonchev–Trinajstić information content (AvgIpc) is 2.28. The summed E-state index contributed by atoms with van der Waals surface area (Å²) in [5.74, 6) is 0.430. The Morgan fingerprint density at radius 3 is 2.12 bits per heavy atom. The third-order valence-electron chi connectivity index (χ3n) is 3.35. The normalized spacial score (nSPS) is 10.2. The first-order valence-corrected chi connectivity index (χ1v) is 5.78. The summed E-state index contributed by atoms with van der Waals surface area (Å²) >= 11 is 0. The quantitative estimate of drug-likeness (QED) is 0.452. The van der Waals surface area contributed by atoms with Gasteiger partial charge in [-0.05, 0) is 56.4 Å². The maximum absolute atomic E-state index is 11.2. The molecule has 0 aromatic heterocycles. The van der Waals surface area contributed by atoms with E-state index >= 15 is 0 Å². The largest absolute Gasteiger partial charge is 0.426 e. The van der Waals surface area contributed by atoms with Crippen molar-refractivity contribution in [1.82, 2.24) is 0 Å². The lowest BCUT2D eigenvalue weighted by Crippen LogP contribution is -2.09. The molecule has 92 valence electrons. The Bertz CT molecular complexity index is 471. The minimum atomic E-state index is -0.277. The van der Waals surface area contributed by atoms with Gasteiger partial charge in [0.05, 0.1) is 0 Å². The first-order valence-electron chi connectivity index (χ1n) is 5.78. The monoisotopic (exact) mass is 232 g/mol. The Morgan fingerprint density at radius 1 is 1.12 bits per heavy atom. The lowest BCUT2D eigenvalue weighted by molar-refractivity contribution is -0.131. The number of esters is 1. The summed E-state index contributed by atoms with van der Waals surface area (Å²) in [7, 11) is 0. The first-order chi connectivity index (χ1) is 7.90. The van der Waals surface area contributed by atoms with Crippen molar-refractivity contribution in [2.24, 2.45) is 0 Å². The maximum atomic E-state index is 11.2. The fraction of sp³-hybridized carbons (Fsp3) is 0.400. The molecular formula is C15H20O2. The van der Waals surface area contributed by atoms with Crippen LogP contribution in [-0.4, -0.2) is 5.97 Å². The standard InChI is InChI=1S/C15H20O2/c1-7-8-14-11(4)9(2)10(3)12(5)15(14)17-13(6)16/h7H,1,8H2,2-6H3. The zero-order valence-corrected chi connectivity index (χ0v) is 11.3. The Labute approximate surface area is 103 Å². The van der Waals surface area contributed by atoms with Gasteiger partial charge in [0.1, 0.15) is 5.75 Å². The van der Waals surface area contributed by atoms with Crippen molar-refractivity contribution < 1.29 is 9.53 Å². The second-order valence-electron chi connectivity index (χ2n) is 4.39. The Morgan fingerprint density at radius 2 is 1.65 bits per heavy atom. The van der Waals surface area contributed by atoms with Gasteiger partial charge in [-0.1, -0.05) is 6.08 Å². The predicted octanol–water partition coefficient (Wildman–Crippen LogP) is 3.57. The molecule has 0 N–H and O–H groups in total.